The molecule has 2 aromatic carbocycles. The molecule has 1 aromatic heterocycles. The Morgan fingerprint density at radius 1 is 1.26 bits per heavy atom. The SMILES string of the molecule is O=C(Cn1nnc2ccccc21)NC1CC1c1cccc(F)c1. The fraction of sp³-hybridized carbons (Fsp3) is 0.235. The number of para-hydroxylation sites is 1. The Kier molecular flexibility index (Phi) is 3.29. The van der Waals surface area contributed by atoms with E-state index in [9.17, 15) is 9.18 Å². The van der Waals surface area contributed by atoms with E-state index in [0.29, 0.717) is 0 Å². The van der Waals surface area contributed by atoms with Gasteiger partial charge in [0.05, 0.1) is 5.52 Å². The van der Waals surface area contributed by atoms with E-state index in [1.54, 1.807) is 10.7 Å². The van der Waals surface area contributed by atoms with Crippen molar-refractivity contribution in [2.24, 2.45) is 0 Å². The van der Waals surface area contributed by atoms with Crippen molar-refractivity contribution in [3.8, 4) is 0 Å². The molecule has 0 spiro atoms. The molecule has 1 heterocycles. The predicted octanol–water partition coefficient (Wildman–Crippen LogP) is 2.24. The number of hydrogen-bond acceptors (Lipinski definition) is 3. The number of rotatable bonds is 4. The zero-order chi connectivity index (χ0) is 15.8. The van der Waals surface area contributed by atoms with Crippen molar-refractivity contribution in [3.63, 3.8) is 0 Å². The number of nitrogens with zero attached hydrogens (tertiary/aromatic N) is 3. The smallest absolute Gasteiger partial charge is 0.242 e. The lowest BCUT2D eigenvalue weighted by Gasteiger charge is -2.05. The molecule has 23 heavy (non-hydrogen) atoms. The van der Waals surface area contributed by atoms with Crippen molar-refractivity contribution < 1.29 is 9.18 Å². The topological polar surface area (TPSA) is 59.8 Å². The zero-order valence-corrected chi connectivity index (χ0v) is 12.3. The number of amides is 1. The van der Waals surface area contributed by atoms with Crippen molar-refractivity contribution in [1.82, 2.24) is 20.3 Å². The second-order valence-corrected chi connectivity index (χ2v) is 5.81. The van der Waals surface area contributed by atoms with Crippen molar-refractivity contribution in [2.75, 3.05) is 0 Å². The molecule has 5 nitrogen and oxygen atoms in total. The van der Waals surface area contributed by atoms with Crippen molar-refractivity contribution in [3.05, 3.63) is 59.9 Å². The molecule has 3 aromatic rings. The second-order valence-electron chi connectivity index (χ2n) is 5.81. The largest absolute Gasteiger partial charge is 0.351 e. The molecule has 2 unspecified atom stereocenters. The monoisotopic (exact) mass is 310 g/mol. The number of hydrogen-bond donors (Lipinski definition) is 1. The summed E-state index contributed by atoms with van der Waals surface area (Å²) in [5.74, 6) is -0.153. The van der Waals surface area contributed by atoms with E-state index < -0.39 is 0 Å². The van der Waals surface area contributed by atoms with Crippen LogP contribution in [0.15, 0.2) is 48.5 Å². The van der Waals surface area contributed by atoms with Gasteiger partial charge in [0.1, 0.15) is 17.9 Å². The minimum atomic E-state index is -0.242. The highest BCUT2D eigenvalue weighted by Crippen LogP contribution is 2.40. The van der Waals surface area contributed by atoms with Crippen LogP contribution in [0.1, 0.15) is 17.9 Å². The molecule has 0 radical (unpaired) electrons. The molecule has 1 N–H and O–H groups in total. The predicted molar refractivity (Wildman–Crippen MR) is 83.2 cm³/mol. The van der Waals surface area contributed by atoms with Crippen LogP contribution in [0, 0.1) is 5.82 Å². The maximum Gasteiger partial charge on any atom is 0.242 e. The van der Waals surface area contributed by atoms with Gasteiger partial charge in [-0.25, -0.2) is 9.07 Å². The molecule has 1 aliphatic rings. The average molecular weight is 310 g/mol. The number of halogens is 1. The summed E-state index contributed by atoms with van der Waals surface area (Å²) in [5, 5.41) is 11.0. The summed E-state index contributed by atoms with van der Waals surface area (Å²) in [5.41, 5.74) is 2.53. The summed E-state index contributed by atoms with van der Waals surface area (Å²) in [6, 6.07) is 14.1. The van der Waals surface area contributed by atoms with Gasteiger partial charge in [0.2, 0.25) is 5.91 Å². The summed E-state index contributed by atoms with van der Waals surface area (Å²) in [6.07, 6.45) is 0.841. The van der Waals surface area contributed by atoms with Gasteiger partial charge in [-0.2, -0.15) is 0 Å². The van der Waals surface area contributed by atoms with Gasteiger partial charge in [0, 0.05) is 12.0 Å². The fourth-order valence-electron chi connectivity index (χ4n) is 2.88. The first-order valence-corrected chi connectivity index (χ1v) is 7.54. The third-order valence-electron chi connectivity index (χ3n) is 4.13. The van der Waals surface area contributed by atoms with E-state index in [-0.39, 0.29) is 30.2 Å². The number of benzene rings is 2. The molecular weight excluding hydrogens is 295 g/mol. The van der Waals surface area contributed by atoms with Crippen LogP contribution >= 0.6 is 0 Å². The van der Waals surface area contributed by atoms with Gasteiger partial charge in [-0.1, -0.05) is 29.5 Å². The standard InChI is InChI=1S/C17H15FN4O/c18-12-5-3-4-11(8-12)13-9-15(13)19-17(23)10-22-16-7-2-1-6-14(16)20-21-22/h1-8,13,15H,9-10H2,(H,19,23). The van der Waals surface area contributed by atoms with Gasteiger partial charge in [-0.15, -0.1) is 5.10 Å². The lowest BCUT2D eigenvalue weighted by molar-refractivity contribution is -0.121. The molecule has 1 fully saturated rings. The molecule has 6 heteroatoms. The van der Waals surface area contributed by atoms with E-state index in [1.165, 1.54) is 12.1 Å². The van der Waals surface area contributed by atoms with Gasteiger partial charge in [0.25, 0.3) is 0 Å². The first-order chi connectivity index (χ1) is 11.2. The van der Waals surface area contributed by atoms with Gasteiger partial charge >= 0.3 is 0 Å². The van der Waals surface area contributed by atoms with Gasteiger partial charge in [0.15, 0.2) is 0 Å². The average Bonchev–Trinajstić information content (AvgIpc) is 3.19. The van der Waals surface area contributed by atoms with Crippen LogP contribution in [0.2, 0.25) is 0 Å². The number of carbonyl (C=O) groups is 1. The minimum Gasteiger partial charge on any atom is -0.351 e. The molecular formula is C17H15FN4O. The minimum absolute atomic E-state index is 0.0686. The Labute approximate surface area is 132 Å². The molecule has 1 saturated carbocycles. The number of carbonyl (C=O) groups excluding carboxylic acids is 1. The maximum absolute atomic E-state index is 13.2. The second kappa shape index (κ2) is 5.46. The van der Waals surface area contributed by atoms with Crippen LogP contribution in [0.5, 0.6) is 0 Å². The molecule has 1 amide bonds. The Hall–Kier alpha value is -2.76. The highest BCUT2D eigenvalue weighted by atomic mass is 19.1. The molecule has 0 aliphatic heterocycles. The lowest BCUT2D eigenvalue weighted by Crippen LogP contribution is -2.30. The van der Waals surface area contributed by atoms with Crippen LogP contribution in [0.3, 0.4) is 0 Å². The van der Waals surface area contributed by atoms with E-state index in [2.05, 4.69) is 15.6 Å². The third kappa shape index (κ3) is 2.79. The van der Waals surface area contributed by atoms with Gasteiger partial charge in [-0.3, -0.25) is 4.79 Å². The molecule has 116 valence electrons. The quantitative estimate of drug-likeness (QED) is 0.804. The summed E-state index contributed by atoms with van der Waals surface area (Å²) in [6.45, 7) is 0.132. The molecule has 0 saturated heterocycles. The van der Waals surface area contributed by atoms with Crippen molar-refractivity contribution in [2.45, 2.75) is 24.9 Å². The Morgan fingerprint density at radius 3 is 3.00 bits per heavy atom. The first kappa shape index (κ1) is 13.9. The van der Waals surface area contributed by atoms with Crippen LogP contribution in [-0.4, -0.2) is 26.9 Å². The van der Waals surface area contributed by atoms with Gasteiger partial charge in [-0.05, 0) is 36.2 Å². The van der Waals surface area contributed by atoms with E-state index in [1.807, 2.05) is 30.3 Å². The zero-order valence-electron chi connectivity index (χ0n) is 12.3. The number of nitrogens with one attached hydrogen (secondary N) is 1. The van der Waals surface area contributed by atoms with Crippen LogP contribution < -0.4 is 5.32 Å². The van der Waals surface area contributed by atoms with Crippen LogP contribution in [0.4, 0.5) is 4.39 Å². The van der Waals surface area contributed by atoms with Crippen molar-refractivity contribution >= 4 is 16.9 Å². The molecule has 4 rings (SSSR count). The van der Waals surface area contributed by atoms with Crippen molar-refractivity contribution in [1.29, 1.82) is 0 Å². The van der Waals surface area contributed by atoms with E-state index in [0.717, 1.165) is 23.0 Å². The van der Waals surface area contributed by atoms with Crippen LogP contribution in [0.25, 0.3) is 11.0 Å². The summed E-state index contributed by atoms with van der Waals surface area (Å²) in [4.78, 5) is 12.2. The number of fused-ring (bicyclic) bond motifs is 1. The summed E-state index contributed by atoms with van der Waals surface area (Å²) >= 11 is 0. The summed E-state index contributed by atoms with van der Waals surface area (Å²) < 4.78 is 14.8. The molecule has 0 bridgehead atoms. The Bertz CT molecular complexity index is 876. The maximum atomic E-state index is 13.2. The third-order valence-corrected chi connectivity index (χ3v) is 4.13. The Balaban J connectivity index is 1.40. The molecule has 2 atom stereocenters. The highest BCUT2D eigenvalue weighted by molar-refractivity contribution is 5.80. The van der Waals surface area contributed by atoms with Crippen LogP contribution in [-0.2, 0) is 11.3 Å². The van der Waals surface area contributed by atoms with E-state index in [4.69, 9.17) is 0 Å². The normalized spacial score (nSPS) is 19.7. The number of aromatic nitrogens is 3. The first-order valence-electron chi connectivity index (χ1n) is 7.54. The van der Waals surface area contributed by atoms with E-state index >= 15 is 0 Å². The summed E-state index contributed by atoms with van der Waals surface area (Å²) in [7, 11) is 0. The Morgan fingerprint density at radius 2 is 2.13 bits per heavy atom. The van der Waals surface area contributed by atoms with Gasteiger partial charge < -0.3 is 5.32 Å². The highest BCUT2D eigenvalue weighted by Gasteiger charge is 2.39. The fourth-order valence-corrected chi connectivity index (χ4v) is 2.88. The lowest BCUT2D eigenvalue weighted by atomic mass is 10.1. The molecule has 1 aliphatic carbocycles.